The van der Waals surface area contributed by atoms with Crippen LogP contribution in [0.25, 0.3) is 0 Å². The fourth-order valence-corrected chi connectivity index (χ4v) is 3.48. The lowest BCUT2D eigenvalue weighted by atomic mass is 10.0. The fraction of sp³-hybridized carbons (Fsp3) is 0.391. The molecule has 1 heterocycles. The van der Waals surface area contributed by atoms with Crippen molar-refractivity contribution >= 4 is 42.3 Å². The van der Waals surface area contributed by atoms with Crippen LogP contribution in [0.5, 0.6) is 0 Å². The zero-order valence-corrected chi connectivity index (χ0v) is 20.7. The number of thiol groups is 1. The van der Waals surface area contributed by atoms with Crippen LogP contribution in [-0.2, 0) is 36.8 Å². The SMILES string of the molecule is NC(CS)C(=O)NC(CCC(=O)O)C(=O)NC(Cc1cnc[nH]1)C(=O)NC(Cc1ccccc1)C(=O)O. The predicted molar refractivity (Wildman–Crippen MR) is 135 cm³/mol. The van der Waals surface area contributed by atoms with Crippen molar-refractivity contribution in [2.75, 3.05) is 5.75 Å². The van der Waals surface area contributed by atoms with Gasteiger partial charge in [0.15, 0.2) is 0 Å². The second-order valence-electron chi connectivity index (χ2n) is 8.21. The van der Waals surface area contributed by atoms with Gasteiger partial charge in [0.25, 0.3) is 0 Å². The Labute approximate surface area is 218 Å². The molecule has 14 heteroatoms. The Morgan fingerprint density at radius 2 is 1.54 bits per heavy atom. The summed E-state index contributed by atoms with van der Waals surface area (Å²) in [4.78, 5) is 68.0. The minimum atomic E-state index is -1.31. The Balaban J connectivity index is 2.21. The van der Waals surface area contributed by atoms with Gasteiger partial charge in [-0.3, -0.25) is 19.2 Å². The number of aromatic nitrogens is 2. The average Bonchev–Trinajstić information content (AvgIpc) is 3.38. The van der Waals surface area contributed by atoms with Crippen molar-refractivity contribution in [1.82, 2.24) is 25.9 Å². The summed E-state index contributed by atoms with van der Waals surface area (Å²) < 4.78 is 0. The molecular formula is C23H30N6O7S. The van der Waals surface area contributed by atoms with Crippen molar-refractivity contribution in [3.8, 4) is 0 Å². The van der Waals surface area contributed by atoms with Crippen LogP contribution in [0.15, 0.2) is 42.9 Å². The molecule has 0 spiro atoms. The number of carbonyl (C=O) groups is 5. The number of imidazole rings is 1. The minimum absolute atomic E-state index is 0.00550. The van der Waals surface area contributed by atoms with Crippen molar-refractivity contribution in [2.45, 2.75) is 49.9 Å². The van der Waals surface area contributed by atoms with Crippen LogP contribution in [0, 0.1) is 0 Å². The number of carboxylic acid groups (broad SMARTS) is 2. The molecule has 0 aliphatic rings. The maximum atomic E-state index is 13.1. The van der Waals surface area contributed by atoms with Gasteiger partial charge in [-0.15, -0.1) is 0 Å². The zero-order chi connectivity index (χ0) is 27.4. The first-order chi connectivity index (χ1) is 17.6. The molecule has 0 fully saturated rings. The summed E-state index contributed by atoms with van der Waals surface area (Å²) in [5.41, 5.74) is 6.79. The van der Waals surface area contributed by atoms with E-state index in [4.69, 9.17) is 10.8 Å². The lowest BCUT2D eigenvalue weighted by Gasteiger charge is -2.25. The van der Waals surface area contributed by atoms with E-state index in [1.165, 1.54) is 12.5 Å². The Morgan fingerprint density at radius 3 is 2.11 bits per heavy atom. The third-order valence-electron chi connectivity index (χ3n) is 5.32. The third kappa shape index (κ3) is 9.93. The highest BCUT2D eigenvalue weighted by Gasteiger charge is 2.31. The van der Waals surface area contributed by atoms with Crippen LogP contribution in [0.3, 0.4) is 0 Å². The molecule has 1 aromatic carbocycles. The van der Waals surface area contributed by atoms with Crippen LogP contribution in [0.1, 0.15) is 24.1 Å². The van der Waals surface area contributed by atoms with Crippen molar-refractivity contribution in [3.05, 3.63) is 54.1 Å². The molecule has 0 aliphatic heterocycles. The van der Waals surface area contributed by atoms with Gasteiger partial charge in [-0.1, -0.05) is 30.3 Å². The van der Waals surface area contributed by atoms with Gasteiger partial charge in [0, 0.05) is 36.9 Å². The lowest BCUT2D eigenvalue weighted by Crippen LogP contribution is -2.58. The number of hydrogen-bond acceptors (Lipinski definition) is 8. The van der Waals surface area contributed by atoms with Crippen molar-refractivity contribution in [1.29, 1.82) is 0 Å². The van der Waals surface area contributed by atoms with Crippen molar-refractivity contribution in [2.24, 2.45) is 5.73 Å². The van der Waals surface area contributed by atoms with E-state index in [-0.39, 0.29) is 25.0 Å². The highest BCUT2D eigenvalue weighted by Crippen LogP contribution is 2.07. The van der Waals surface area contributed by atoms with E-state index in [9.17, 15) is 29.1 Å². The Morgan fingerprint density at radius 1 is 0.919 bits per heavy atom. The number of nitrogens with one attached hydrogen (secondary N) is 4. The van der Waals surface area contributed by atoms with Gasteiger partial charge in [0.05, 0.1) is 12.4 Å². The number of H-pyrrole nitrogens is 1. The van der Waals surface area contributed by atoms with Gasteiger partial charge in [0.1, 0.15) is 18.1 Å². The van der Waals surface area contributed by atoms with Crippen LogP contribution in [0.4, 0.5) is 0 Å². The number of amides is 3. The molecular weight excluding hydrogens is 504 g/mol. The summed E-state index contributed by atoms with van der Waals surface area (Å²) in [5, 5.41) is 26.0. The van der Waals surface area contributed by atoms with E-state index in [2.05, 4.69) is 38.5 Å². The molecule has 0 saturated heterocycles. The number of carbonyl (C=O) groups excluding carboxylic acids is 3. The summed E-state index contributed by atoms with van der Waals surface area (Å²) in [6, 6.07) is 3.78. The van der Waals surface area contributed by atoms with Crippen LogP contribution in [-0.4, -0.2) is 79.8 Å². The standard InChI is InChI=1S/C23H30N6O7S/c24-15(11-37)20(32)27-16(6-7-19(30)31)21(33)28-17(9-14-10-25-12-26-14)22(34)29-18(23(35)36)8-13-4-2-1-3-5-13/h1-5,10,12,15-18,37H,6-9,11,24H2,(H,25,26)(H,27,32)(H,28,33)(H,29,34)(H,30,31)(H,35,36). The average molecular weight is 535 g/mol. The second kappa shape index (κ2) is 14.6. The van der Waals surface area contributed by atoms with Gasteiger partial charge in [-0.2, -0.15) is 12.6 Å². The van der Waals surface area contributed by atoms with E-state index in [1.807, 2.05) is 0 Å². The molecule has 4 atom stereocenters. The highest BCUT2D eigenvalue weighted by molar-refractivity contribution is 7.80. The summed E-state index contributed by atoms with van der Waals surface area (Å²) in [6.45, 7) is 0. The maximum absolute atomic E-state index is 13.1. The summed E-state index contributed by atoms with van der Waals surface area (Å²) in [6.07, 6.45) is 2.02. The molecule has 3 amide bonds. The molecule has 0 saturated carbocycles. The topological polar surface area (TPSA) is 217 Å². The number of nitrogens with two attached hydrogens (primary N) is 1. The number of hydrogen-bond donors (Lipinski definition) is 8. The van der Waals surface area contributed by atoms with Crippen LogP contribution < -0.4 is 21.7 Å². The molecule has 0 radical (unpaired) electrons. The number of nitrogens with zero attached hydrogens (tertiary/aromatic N) is 1. The van der Waals surface area contributed by atoms with Crippen molar-refractivity contribution < 1.29 is 34.2 Å². The number of aliphatic carboxylic acids is 2. The van der Waals surface area contributed by atoms with E-state index >= 15 is 0 Å². The fourth-order valence-electron chi connectivity index (χ4n) is 3.32. The van der Waals surface area contributed by atoms with Gasteiger partial charge < -0.3 is 36.9 Å². The molecule has 8 N–H and O–H groups in total. The monoisotopic (exact) mass is 534 g/mol. The highest BCUT2D eigenvalue weighted by atomic mass is 32.1. The predicted octanol–water partition coefficient (Wildman–Crippen LogP) is -1.14. The molecule has 2 aromatic rings. The second-order valence-corrected chi connectivity index (χ2v) is 8.58. The number of benzene rings is 1. The number of rotatable bonds is 15. The normalized spacial score (nSPS) is 14.0. The quantitative estimate of drug-likeness (QED) is 0.129. The summed E-state index contributed by atoms with van der Waals surface area (Å²) >= 11 is 3.94. The van der Waals surface area contributed by atoms with Crippen LogP contribution in [0.2, 0.25) is 0 Å². The Bertz CT molecular complexity index is 1070. The molecule has 4 unspecified atom stereocenters. The van der Waals surface area contributed by atoms with Gasteiger partial charge >= 0.3 is 11.9 Å². The first-order valence-corrected chi connectivity index (χ1v) is 12.0. The first-order valence-electron chi connectivity index (χ1n) is 11.3. The van der Waals surface area contributed by atoms with E-state index in [0.29, 0.717) is 11.3 Å². The lowest BCUT2D eigenvalue weighted by molar-refractivity contribution is -0.142. The molecule has 2 rings (SSSR count). The van der Waals surface area contributed by atoms with Gasteiger partial charge in [-0.25, -0.2) is 9.78 Å². The van der Waals surface area contributed by atoms with E-state index < -0.39 is 60.2 Å². The molecule has 37 heavy (non-hydrogen) atoms. The molecule has 0 bridgehead atoms. The van der Waals surface area contributed by atoms with Gasteiger partial charge in [-0.05, 0) is 12.0 Å². The van der Waals surface area contributed by atoms with E-state index in [1.54, 1.807) is 30.3 Å². The summed E-state index contributed by atoms with van der Waals surface area (Å²) in [7, 11) is 0. The number of carboxylic acids is 2. The van der Waals surface area contributed by atoms with Crippen LogP contribution >= 0.6 is 12.6 Å². The third-order valence-corrected chi connectivity index (χ3v) is 5.72. The minimum Gasteiger partial charge on any atom is -0.481 e. The van der Waals surface area contributed by atoms with Gasteiger partial charge in [0.2, 0.25) is 17.7 Å². The number of aromatic amines is 1. The Hall–Kier alpha value is -3.91. The van der Waals surface area contributed by atoms with Crippen molar-refractivity contribution in [3.63, 3.8) is 0 Å². The maximum Gasteiger partial charge on any atom is 0.326 e. The molecule has 0 aliphatic carbocycles. The summed E-state index contributed by atoms with van der Waals surface area (Å²) in [5.74, 6) is -4.82. The Kier molecular flexibility index (Phi) is 11.6. The largest absolute Gasteiger partial charge is 0.481 e. The zero-order valence-electron chi connectivity index (χ0n) is 19.8. The first kappa shape index (κ1) is 29.3. The molecule has 200 valence electrons. The molecule has 13 nitrogen and oxygen atoms in total. The molecule has 1 aromatic heterocycles. The smallest absolute Gasteiger partial charge is 0.326 e. The van der Waals surface area contributed by atoms with E-state index in [0.717, 1.165) is 0 Å².